The fourth-order valence-corrected chi connectivity index (χ4v) is 2.24. The fourth-order valence-electron chi connectivity index (χ4n) is 1.56. The van der Waals surface area contributed by atoms with Crippen molar-refractivity contribution in [2.75, 3.05) is 0 Å². The molecule has 0 radical (unpaired) electrons. The molecule has 0 fully saturated rings. The summed E-state index contributed by atoms with van der Waals surface area (Å²) in [4.78, 5) is 0.546. The van der Waals surface area contributed by atoms with Gasteiger partial charge in [0.1, 0.15) is 0 Å². The zero-order chi connectivity index (χ0) is 11.4. The largest absolute Gasteiger partial charge is 0.0888 e. The minimum Gasteiger partial charge on any atom is -0.0888 e. The number of rotatable bonds is 4. The third-order valence-electron chi connectivity index (χ3n) is 2.56. The van der Waals surface area contributed by atoms with E-state index in [1.54, 1.807) is 6.07 Å². The van der Waals surface area contributed by atoms with Crippen LogP contribution in [-0.4, -0.2) is 4.83 Å². The van der Waals surface area contributed by atoms with E-state index in [-0.39, 0.29) is 0 Å². The fraction of sp³-hybridized carbons (Fsp3) is 0.500. The number of halogens is 3. The topological polar surface area (TPSA) is 0 Å². The highest BCUT2D eigenvalue weighted by molar-refractivity contribution is 9.09. The molecule has 0 aliphatic carbocycles. The first-order chi connectivity index (χ1) is 7.04. The number of hydrogen-bond acceptors (Lipinski definition) is 0. The molecule has 0 spiro atoms. The molecule has 0 aromatic heterocycles. The zero-order valence-corrected chi connectivity index (χ0v) is 12.0. The molecule has 0 aliphatic rings. The first-order valence-electron chi connectivity index (χ1n) is 5.12. The first-order valence-corrected chi connectivity index (χ1v) is 6.79. The maximum absolute atomic E-state index is 6.12. The molecule has 0 nitrogen and oxygen atoms in total. The van der Waals surface area contributed by atoms with E-state index in [9.17, 15) is 0 Å². The second-order valence-electron chi connectivity index (χ2n) is 3.84. The highest BCUT2D eigenvalue weighted by Gasteiger charge is 2.14. The van der Waals surface area contributed by atoms with Crippen LogP contribution in [0.15, 0.2) is 18.2 Å². The standard InChI is InChI=1S/C12H15BrCl2/c1-3-11(13)8(2)6-9-4-5-10(14)7-12(9)15/h4-5,7-8,11H,3,6H2,1-2H3. The second kappa shape index (κ2) is 6.12. The Kier molecular flexibility index (Phi) is 5.45. The van der Waals surface area contributed by atoms with E-state index in [0.29, 0.717) is 15.8 Å². The minimum atomic E-state index is 0.546. The van der Waals surface area contributed by atoms with Crippen molar-refractivity contribution in [2.45, 2.75) is 31.5 Å². The van der Waals surface area contributed by atoms with Gasteiger partial charge in [-0.15, -0.1) is 0 Å². The molecule has 2 unspecified atom stereocenters. The van der Waals surface area contributed by atoms with E-state index in [2.05, 4.69) is 29.8 Å². The molecule has 15 heavy (non-hydrogen) atoms. The van der Waals surface area contributed by atoms with Gasteiger partial charge in [-0.05, 0) is 36.5 Å². The molecule has 0 N–H and O–H groups in total. The van der Waals surface area contributed by atoms with Gasteiger partial charge in [-0.3, -0.25) is 0 Å². The molecular formula is C12H15BrCl2. The molecule has 2 atom stereocenters. The Labute approximate surface area is 110 Å². The van der Waals surface area contributed by atoms with Crippen molar-refractivity contribution >= 4 is 39.1 Å². The lowest BCUT2D eigenvalue weighted by Gasteiger charge is -2.17. The second-order valence-corrected chi connectivity index (χ2v) is 5.86. The monoisotopic (exact) mass is 308 g/mol. The molecule has 0 bridgehead atoms. The van der Waals surface area contributed by atoms with Crippen molar-refractivity contribution in [3.63, 3.8) is 0 Å². The van der Waals surface area contributed by atoms with Crippen molar-refractivity contribution in [2.24, 2.45) is 5.92 Å². The summed E-state index contributed by atoms with van der Waals surface area (Å²) < 4.78 is 0. The summed E-state index contributed by atoms with van der Waals surface area (Å²) in [6.45, 7) is 4.41. The van der Waals surface area contributed by atoms with Crippen LogP contribution in [-0.2, 0) is 6.42 Å². The average Bonchev–Trinajstić information content (AvgIpc) is 2.20. The van der Waals surface area contributed by atoms with Crippen LogP contribution < -0.4 is 0 Å². The molecule has 0 saturated heterocycles. The molecule has 3 heteroatoms. The van der Waals surface area contributed by atoms with Crippen molar-refractivity contribution in [1.29, 1.82) is 0 Å². The Hall–Kier alpha value is 0.280. The Morgan fingerprint density at radius 3 is 2.53 bits per heavy atom. The lowest BCUT2D eigenvalue weighted by Crippen LogP contribution is -2.12. The van der Waals surface area contributed by atoms with Crippen molar-refractivity contribution in [3.8, 4) is 0 Å². The molecule has 1 aromatic rings. The van der Waals surface area contributed by atoms with Gasteiger partial charge in [-0.25, -0.2) is 0 Å². The summed E-state index contributed by atoms with van der Waals surface area (Å²) in [7, 11) is 0. The first kappa shape index (κ1) is 13.3. The van der Waals surface area contributed by atoms with Gasteiger partial charge in [0.25, 0.3) is 0 Å². The summed E-state index contributed by atoms with van der Waals surface area (Å²) in [5, 5.41) is 1.47. The van der Waals surface area contributed by atoms with Crippen molar-refractivity contribution in [3.05, 3.63) is 33.8 Å². The van der Waals surface area contributed by atoms with E-state index in [0.717, 1.165) is 17.9 Å². The van der Waals surface area contributed by atoms with Crippen LogP contribution in [0.3, 0.4) is 0 Å². The van der Waals surface area contributed by atoms with E-state index in [4.69, 9.17) is 23.2 Å². The van der Waals surface area contributed by atoms with Gasteiger partial charge in [-0.2, -0.15) is 0 Å². The van der Waals surface area contributed by atoms with Crippen LogP contribution in [0, 0.1) is 5.92 Å². The van der Waals surface area contributed by atoms with Crippen LogP contribution in [0.2, 0.25) is 10.0 Å². The highest BCUT2D eigenvalue weighted by Crippen LogP contribution is 2.26. The van der Waals surface area contributed by atoms with Crippen molar-refractivity contribution in [1.82, 2.24) is 0 Å². The lowest BCUT2D eigenvalue weighted by atomic mass is 9.97. The molecular weight excluding hydrogens is 295 g/mol. The van der Waals surface area contributed by atoms with Crippen LogP contribution in [0.4, 0.5) is 0 Å². The Bertz CT molecular complexity index is 325. The number of benzene rings is 1. The third kappa shape index (κ3) is 3.97. The number of alkyl halides is 1. The molecule has 0 aliphatic heterocycles. The summed E-state index contributed by atoms with van der Waals surface area (Å²) in [5.74, 6) is 0.577. The molecule has 1 aromatic carbocycles. The van der Waals surface area contributed by atoms with E-state index < -0.39 is 0 Å². The predicted octanol–water partition coefficient (Wildman–Crippen LogP) is 5.35. The van der Waals surface area contributed by atoms with Gasteiger partial charge >= 0.3 is 0 Å². The van der Waals surface area contributed by atoms with Crippen LogP contribution in [0.25, 0.3) is 0 Å². The summed E-state index contributed by atoms with van der Waals surface area (Å²) in [5.41, 5.74) is 1.17. The van der Waals surface area contributed by atoms with Gasteiger partial charge in [0, 0.05) is 14.9 Å². The van der Waals surface area contributed by atoms with Crippen LogP contribution in [0.1, 0.15) is 25.8 Å². The predicted molar refractivity (Wildman–Crippen MR) is 72.3 cm³/mol. The zero-order valence-electron chi connectivity index (χ0n) is 8.93. The quantitative estimate of drug-likeness (QED) is 0.658. The average molecular weight is 310 g/mol. The van der Waals surface area contributed by atoms with E-state index >= 15 is 0 Å². The van der Waals surface area contributed by atoms with Crippen LogP contribution >= 0.6 is 39.1 Å². The maximum Gasteiger partial charge on any atom is 0.0452 e. The Morgan fingerprint density at radius 2 is 2.00 bits per heavy atom. The van der Waals surface area contributed by atoms with Gasteiger partial charge < -0.3 is 0 Å². The van der Waals surface area contributed by atoms with Crippen molar-refractivity contribution < 1.29 is 0 Å². The van der Waals surface area contributed by atoms with Gasteiger partial charge in [0.05, 0.1) is 0 Å². The van der Waals surface area contributed by atoms with E-state index in [1.807, 2.05) is 12.1 Å². The smallest absolute Gasteiger partial charge is 0.0452 e. The highest BCUT2D eigenvalue weighted by atomic mass is 79.9. The molecule has 84 valence electrons. The van der Waals surface area contributed by atoms with E-state index in [1.165, 1.54) is 5.56 Å². The maximum atomic E-state index is 6.12. The molecule has 1 rings (SSSR count). The Balaban J connectivity index is 2.72. The minimum absolute atomic E-state index is 0.546. The summed E-state index contributed by atoms with van der Waals surface area (Å²) in [6.07, 6.45) is 2.12. The summed E-state index contributed by atoms with van der Waals surface area (Å²) in [6, 6.07) is 5.71. The van der Waals surface area contributed by atoms with Gasteiger partial charge in [0.2, 0.25) is 0 Å². The SMILES string of the molecule is CCC(Br)C(C)Cc1ccc(Cl)cc1Cl. The van der Waals surface area contributed by atoms with Gasteiger partial charge in [0.15, 0.2) is 0 Å². The summed E-state index contributed by atoms with van der Waals surface area (Å²) >= 11 is 15.6. The van der Waals surface area contributed by atoms with Gasteiger partial charge in [-0.1, -0.05) is 59.0 Å². The molecule has 0 heterocycles. The lowest BCUT2D eigenvalue weighted by molar-refractivity contribution is 0.545. The number of hydrogen-bond donors (Lipinski definition) is 0. The third-order valence-corrected chi connectivity index (χ3v) is 4.70. The Morgan fingerprint density at radius 1 is 1.33 bits per heavy atom. The molecule has 0 saturated carbocycles. The van der Waals surface area contributed by atoms with Crippen LogP contribution in [0.5, 0.6) is 0 Å². The normalized spacial score (nSPS) is 15.0. The molecule has 0 amide bonds.